The summed E-state index contributed by atoms with van der Waals surface area (Å²) in [6.07, 6.45) is 5.03. The maximum Gasteiger partial charge on any atom is 0.255 e. The monoisotopic (exact) mass is 342 g/mol. The first-order chi connectivity index (χ1) is 11.3. The highest BCUT2D eigenvalue weighted by Gasteiger charge is 2.48. The average molecular weight is 342 g/mol. The molecule has 24 heavy (non-hydrogen) atoms. The second-order valence-electron chi connectivity index (χ2n) is 7.97. The molecule has 0 spiro atoms. The third kappa shape index (κ3) is 3.34. The Kier molecular flexibility index (Phi) is 4.94. The smallest absolute Gasteiger partial charge is 0.206 e. The maximum absolute atomic E-state index is 14.8. The zero-order chi connectivity index (χ0) is 17.5. The van der Waals surface area contributed by atoms with Crippen LogP contribution in [0.3, 0.4) is 0 Å². The molecule has 1 aromatic carbocycles. The zero-order valence-electron chi connectivity index (χ0n) is 14.4. The van der Waals surface area contributed by atoms with E-state index in [0.717, 1.165) is 25.7 Å². The molecule has 2 aliphatic rings. The number of alkyl halides is 2. The van der Waals surface area contributed by atoms with Crippen molar-refractivity contribution in [2.75, 3.05) is 0 Å². The summed E-state index contributed by atoms with van der Waals surface area (Å²) in [6, 6.07) is 2.74. The van der Waals surface area contributed by atoms with Crippen LogP contribution < -0.4 is 0 Å². The molecule has 0 N–H and O–H groups in total. The predicted octanol–water partition coefficient (Wildman–Crippen LogP) is 6.62. The zero-order valence-corrected chi connectivity index (χ0v) is 14.4. The Hall–Kier alpha value is -1.06. The minimum absolute atomic E-state index is 0.0158. The van der Waals surface area contributed by atoms with E-state index in [2.05, 4.69) is 6.92 Å². The summed E-state index contributed by atoms with van der Waals surface area (Å²) in [7, 11) is 0. The molecule has 1 aromatic rings. The van der Waals surface area contributed by atoms with Crippen LogP contribution in [0.25, 0.3) is 0 Å². The summed E-state index contributed by atoms with van der Waals surface area (Å²) < 4.78 is 57.5. The van der Waals surface area contributed by atoms with Gasteiger partial charge in [-0.05, 0) is 61.5 Å². The Morgan fingerprint density at radius 3 is 2.12 bits per heavy atom. The van der Waals surface area contributed by atoms with Gasteiger partial charge in [0.25, 0.3) is 5.92 Å². The Balaban J connectivity index is 1.76. The fourth-order valence-corrected chi connectivity index (χ4v) is 4.66. The van der Waals surface area contributed by atoms with Gasteiger partial charge in [0.1, 0.15) is 0 Å². The van der Waals surface area contributed by atoms with Crippen LogP contribution in [0, 0.1) is 36.3 Å². The maximum atomic E-state index is 14.8. The first-order valence-corrected chi connectivity index (χ1v) is 9.12. The number of hydrogen-bond acceptors (Lipinski definition) is 0. The van der Waals surface area contributed by atoms with Crippen molar-refractivity contribution >= 4 is 0 Å². The van der Waals surface area contributed by atoms with Crippen molar-refractivity contribution in [1.29, 1.82) is 0 Å². The van der Waals surface area contributed by atoms with Gasteiger partial charge >= 0.3 is 0 Å². The minimum atomic E-state index is -2.96. The number of benzene rings is 1. The second kappa shape index (κ2) is 6.68. The van der Waals surface area contributed by atoms with Crippen LogP contribution in [0.4, 0.5) is 17.6 Å². The molecule has 0 aromatic heterocycles. The molecule has 0 amide bonds. The van der Waals surface area contributed by atoms with Crippen molar-refractivity contribution in [2.24, 2.45) is 17.8 Å². The molecule has 0 nitrogen and oxygen atoms in total. The first-order valence-electron chi connectivity index (χ1n) is 9.12. The first kappa shape index (κ1) is 17.8. The van der Waals surface area contributed by atoms with Crippen LogP contribution in [0.1, 0.15) is 68.9 Å². The van der Waals surface area contributed by atoms with Crippen molar-refractivity contribution in [1.82, 2.24) is 0 Å². The van der Waals surface area contributed by atoms with E-state index < -0.39 is 23.5 Å². The lowest BCUT2D eigenvalue weighted by molar-refractivity contribution is -0.0852. The lowest BCUT2D eigenvalue weighted by Crippen LogP contribution is -2.38. The summed E-state index contributed by atoms with van der Waals surface area (Å²) in [5.74, 6) is -5.17. The molecule has 0 aliphatic heterocycles. The number of hydrogen-bond donors (Lipinski definition) is 0. The SMILES string of the molecule is Cc1ccc(C2CCC(C3CCC(C)CC3)CC2(F)F)c(F)c1F. The van der Waals surface area contributed by atoms with Crippen LogP contribution in [0.15, 0.2) is 12.1 Å². The molecule has 2 atom stereocenters. The lowest BCUT2D eigenvalue weighted by atomic mass is 9.67. The number of halogens is 4. The van der Waals surface area contributed by atoms with Gasteiger partial charge in [-0.25, -0.2) is 17.6 Å². The fraction of sp³-hybridized carbons (Fsp3) is 0.700. The largest absolute Gasteiger partial charge is 0.255 e. The van der Waals surface area contributed by atoms with E-state index in [-0.39, 0.29) is 29.9 Å². The predicted molar refractivity (Wildman–Crippen MR) is 87.2 cm³/mol. The summed E-state index contributed by atoms with van der Waals surface area (Å²) in [4.78, 5) is 0. The van der Waals surface area contributed by atoms with E-state index in [4.69, 9.17) is 0 Å². The molecule has 0 radical (unpaired) electrons. The summed E-state index contributed by atoms with van der Waals surface area (Å²) in [5.41, 5.74) is 0.00314. The Morgan fingerprint density at radius 1 is 0.875 bits per heavy atom. The highest BCUT2D eigenvalue weighted by atomic mass is 19.3. The Morgan fingerprint density at radius 2 is 1.50 bits per heavy atom. The molecule has 3 rings (SSSR count). The van der Waals surface area contributed by atoms with Crippen LogP contribution >= 0.6 is 0 Å². The van der Waals surface area contributed by atoms with E-state index in [9.17, 15) is 17.6 Å². The van der Waals surface area contributed by atoms with Crippen LogP contribution in [-0.4, -0.2) is 5.92 Å². The standard InChI is InChI=1S/C20H26F4/c1-12-3-6-14(7-4-12)15-8-10-17(20(23,24)11-15)16-9-5-13(2)18(21)19(16)22/h5,9,12,14-15,17H,3-4,6-8,10-11H2,1-2H3. The van der Waals surface area contributed by atoms with Gasteiger partial charge in [0, 0.05) is 6.42 Å². The molecule has 4 heteroatoms. The average Bonchev–Trinajstić information content (AvgIpc) is 2.53. The van der Waals surface area contributed by atoms with Crippen molar-refractivity contribution < 1.29 is 17.6 Å². The lowest BCUT2D eigenvalue weighted by Gasteiger charge is -2.41. The Labute approximate surface area is 141 Å². The highest BCUT2D eigenvalue weighted by molar-refractivity contribution is 5.30. The van der Waals surface area contributed by atoms with Crippen molar-refractivity contribution in [3.05, 3.63) is 34.9 Å². The van der Waals surface area contributed by atoms with Gasteiger partial charge < -0.3 is 0 Å². The highest BCUT2D eigenvalue weighted by Crippen LogP contribution is 2.51. The normalized spacial score (nSPS) is 33.4. The number of rotatable bonds is 2. The molecule has 0 heterocycles. The van der Waals surface area contributed by atoms with Crippen LogP contribution in [0.2, 0.25) is 0 Å². The summed E-state index contributed by atoms with van der Waals surface area (Å²) >= 11 is 0. The van der Waals surface area contributed by atoms with Crippen molar-refractivity contribution in [2.45, 2.75) is 70.6 Å². The molecular weight excluding hydrogens is 316 g/mol. The van der Waals surface area contributed by atoms with E-state index >= 15 is 0 Å². The number of aryl methyl sites for hydroxylation is 1. The van der Waals surface area contributed by atoms with E-state index in [1.165, 1.54) is 19.1 Å². The third-order valence-corrected chi connectivity index (χ3v) is 6.28. The van der Waals surface area contributed by atoms with Crippen molar-refractivity contribution in [3.63, 3.8) is 0 Å². The molecule has 0 saturated heterocycles. The van der Waals surface area contributed by atoms with Gasteiger partial charge in [-0.3, -0.25) is 0 Å². The summed E-state index contributed by atoms with van der Waals surface area (Å²) in [5, 5.41) is 0. The Bertz CT molecular complexity index is 588. The quantitative estimate of drug-likeness (QED) is 0.530. The molecule has 134 valence electrons. The van der Waals surface area contributed by atoms with Crippen LogP contribution in [-0.2, 0) is 0 Å². The summed E-state index contributed by atoms with van der Waals surface area (Å²) in [6.45, 7) is 3.66. The van der Waals surface area contributed by atoms with Crippen LogP contribution in [0.5, 0.6) is 0 Å². The van der Waals surface area contributed by atoms with Gasteiger partial charge in [-0.2, -0.15) is 0 Å². The van der Waals surface area contributed by atoms with Crippen molar-refractivity contribution in [3.8, 4) is 0 Å². The van der Waals surface area contributed by atoms with Gasteiger partial charge in [-0.1, -0.05) is 31.9 Å². The molecule has 2 unspecified atom stereocenters. The third-order valence-electron chi connectivity index (χ3n) is 6.28. The van der Waals surface area contributed by atoms with E-state index in [1.807, 2.05) is 0 Å². The van der Waals surface area contributed by atoms with E-state index in [1.54, 1.807) is 0 Å². The van der Waals surface area contributed by atoms with Gasteiger partial charge in [0.2, 0.25) is 0 Å². The molecule has 0 bridgehead atoms. The molecule has 2 aliphatic carbocycles. The van der Waals surface area contributed by atoms with E-state index in [0.29, 0.717) is 18.3 Å². The molecule has 2 fully saturated rings. The topological polar surface area (TPSA) is 0 Å². The molecule has 2 saturated carbocycles. The second-order valence-corrected chi connectivity index (χ2v) is 7.97. The fourth-order valence-electron chi connectivity index (χ4n) is 4.66. The van der Waals surface area contributed by atoms with Gasteiger partial charge in [0.15, 0.2) is 11.6 Å². The van der Waals surface area contributed by atoms with Gasteiger partial charge in [0.05, 0.1) is 5.92 Å². The minimum Gasteiger partial charge on any atom is -0.206 e. The molecular formula is C20H26F4. The van der Waals surface area contributed by atoms with Gasteiger partial charge in [-0.15, -0.1) is 0 Å².